The molecule has 1 aromatic heterocycles. The predicted molar refractivity (Wildman–Crippen MR) is 63.8 cm³/mol. The van der Waals surface area contributed by atoms with Gasteiger partial charge in [0.15, 0.2) is 17.5 Å². The Bertz CT molecular complexity index is 659. The predicted octanol–water partition coefficient (Wildman–Crippen LogP) is 1.99. The van der Waals surface area contributed by atoms with Crippen molar-refractivity contribution in [1.29, 1.82) is 0 Å². The van der Waals surface area contributed by atoms with Crippen molar-refractivity contribution in [3.05, 3.63) is 39.7 Å². The van der Waals surface area contributed by atoms with E-state index in [4.69, 9.17) is 10.3 Å². The summed E-state index contributed by atoms with van der Waals surface area (Å²) in [7, 11) is 0. The lowest BCUT2D eigenvalue weighted by molar-refractivity contribution is -0.384. The highest BCUT2D eigenvalue weighted by molar-refractivity contribution is 5.66. The van der Waals surface area contributed by atoms with Crippen LogP contribution in [0.25, 0.3) is 11.5 Å². The van der Waals surface area contributed by atoms with E-state index in [1.165, 1.54) is 0 Å². The Kier molecular flexibility index (Phi) is 3.70. The minimum atomic E-state index is -1.32. The molecule has 1 aromatic carbocycles. The molecule has 0 aliphatic rings. The molecule has 1 heterocycles. The zero-order valence-corrected chi connectivity index (χ0v) is 10.3. The van der Waals surface area contributed by atoms with Gasteiger partial charge in [-0.2, -0.15) is 4.98 Å². The minimum Gasteiger partial charge on any atom is -0.334 e. The summed E-state index contributed by atoms with van der Waals surface area (Å²) in [5.41, 5.74) is 4.50. The molecule has 0 saturated carbocycles. The second kappa shape index (κ2) is 5.29. The van der Waals surface area contributed by atoms with Crippen molar-refractivity contribution < 1.29 is 18.2 Å². The number of halogens is 2. The van der Waals surface area contributed by atoms with Gasteiger partial charge in [0, 0.05) is 12.5 Å². The number of hydrogen-bond acceptors (Lipinski definition) is 6. The van der Waals surface area contributed by atoms with Gasteiger partial charge in [0.25, 0.3) is 11.6 Å². The van der Waals surface area contributed by atoms with Crippen LogP contribution in [0.3, 0.4) is 0 Å². The Labute approximate surface area is 111 Å². The lowest BCUT2D eigenvalue weighted by atomic mass is 10.1. The number of rotatable bonds is 4. The first-order valence-electron chi connectivity index (χ1n) is 5.61. The number of aromatic nitrogens is 2. The summed E-state index contributed by atoms with van der Waals surface area (Å²) in [4.78, 5) is 13.9. The summed E-state index contributed by atoms with van der Waals surface area (Å²) in [6.07, 6.45) is 0. The lowest BCUT2D eigenvalue weighted by Gasteiger charge is -2.00. The molecule has 0 fully saturated rings. The maximum Gasteiger partial charge on any atom is 0.285 e. The van der Waals surface area contributed by atoms with Gasteiger partial charge < -0.3 is 10.3 Å². The van der Waals surface area contributed by atoms with E-state index in [9.17, 15) is 18.9 Å². The molecular formula is C11H10F2N4O3. The van der Waals surface area contributed by atoms with Gasteiger partial charge >= 0.3 is 0 Å². The van der Waals surface area contributed by atoms with Crippen LogP contribution in [0, 0.1) is 21.7 Å². The highest BCUT2D eigenvalue weighted by Crippen LogP contribution is 2.31. The van der Waals surface area contributed by atoms with E-state index in [1.54, 1.807) is 6.92 Å². The highest BCUT2D eigenvalue weighted by atomic mass is 19.2. The molecule has 0 saturated heterocycles. The van der Waals surface area contributed by atoms with E-state index in [1.807, 2.05) is 0 Å². The molecule has 2 aromatic rings. The SMILES string of the molecule is CC(CN)c1noc(-c2cc(F)c(F)cc2[N+](=O)[O-])n1. The molecule has 0 amide bonds. The summed E-state index contributed by atoms with van der Waals surface area (Å²) < 4.78 is 31.1. The van der Waals surface area contributed by atoms with Crippen molar-refractivity contribution in [3.8, 4) is 11.5 Å². The fourth-order valence-electron chi connectivity index (χ4n) is 1.51. The summed E-state index contributed by atoms with van der Waals surface area (Å²) in [6.45, 7) is 1.98. The highest BCUT2D eigenvalue weighted by Gasteiger charge is 2.25. The normalized spacial score (nSPS) is 12.4. The first-order chi connectivity index (χ1) is 9.43. The van der Waals surface area contributed by atoms with Crippen LogP contribution in [-0.4, -0.2) is 21.6 Å². The van der Waals surface area contributed by atoms with Crippen LogP contribution < -0.4 is 5.73 Å². The fraction of sp³-hybridized carbons (Fsp3) is 0.273. The third kappa shape index (κ3) is 2.48. The molecule has 7 nitrogen and oxygen atoms in total. The largest absolute Gasteiger partial charge is 0.334 e. The van der Waals surface area contributed by atoms with E-state index in [0.717, 1.165) is 0 Å². The molecule has 0 aliphatic carbocycles. The molecule has 20 heavy (non-hydrogen) atoms. The lowest BCUT2D eigenvalue weighted by Crippen LogP contribution is -2.10. The smallest absolute Gasteiger partial charge is 0.285 e. The van der Waals surface area contributed by atoms with Crippen LogP contribution in [0.4, 0.5) is 14.5 Å². The number of nitrogens with zero attached hydrogens (tertiary/aromatic N) is 3. The molecule has 106 valence electrons. The Hall–Kier alpha value is -2.42. The molecule has 0 spiro atoms. The standard InChI is InChI=1S/C11H10F2N4O3/c1-5(4-14)10-15-11(20-16-10)6-2-7(12)8(13)3-9(6)17(18)19/h2-3,5H,4,14H2,1H3. The molecule has 9 heteroatoms. The molecule has 0 bridgehead atoms. The minimum absolute atomic E-state index is 0.225. The van der Waals surface area contributed by atoms with Crippen molar-refractivity contribution in [1.82, 2.24) is 10.1 Å². The molecule has 0 aliphatic heterocycles. The van der Waals surface area contributed by atoms with Crippen LogP contribution in [0.15, 0.2) is 16.7 Å². The third-order valence-corrected chi connectivity index (χ3v) is 2.70. The van der Waals surface area contributed by atoms with Gasteiger partial charge in [0.05, 0.1) is 11.0 Å². The van der Waals surface area contributed by atoms with Crippen LogP contribution in [0.2, 0.25) is 0 Å². The average molecular weight is 284 g/mol. The average Bonchev–Trinajstić information content (AvgIpc) is 2.89. The molecule has 2 rings (SSSR count). The first kappa shape index (κ1) is 14.0. The van der Waals surface area contributed by atoms with Crippen LogP contribution in [0.5, 0.6) is 0 Å². The van der Waals surface area contributed by atoms with Gasteiger partial charge in [-0.25, -0.2) is 8.78 Å². The van der Waals surface area contributed by atoms with Crippen LogP contribution >= 0.6 is 0 Å². The van der Waals surface area contributed by atoms with Gasteiger partial charge in [-0.15, -0.1) is 0 Å². The van der Waals surface area contributed by atoms with Crippen molar-refractivity contribution >= 4 is 5.69 Å². The zero-order chi connectivity index (χ0) is 14.9. The van der Waals surface area contributed by atoms with Crippen LogP contribution in [0.1, 0.15) is 18.7 Å². The van der Waals surface area contributed by atoms with E-state index in [0.29, 0.717) is 12.1 Å². The Balaban J connectivity index is 2.54. The zero-order valence-electron chi connectivity index (χ0n) is 10.3. The Morgan fingerprint density at radius 1 is 1.45 bits per heavy atom. The summed E-state index contributed by atoms with van der Waals surface area (Å²) in [5.74, 6) is -2.81. The molecule has 1 unspecified atom stereocenters. The topological polar surface area (TPSA) is 108 Å². The number of benzene rings is 1. The first-order valence-corrected chi connectivity index (χ1v) is 5.61. The molecule has 0 radical (unpaired) electrons. The van der Waals surface area contributed by atoms with E-state index < -0.39 is 22.2 Å². The van der Waals surface area contributed by atoms with E-state index >= 15 is 0 Å². The summed E-state index contributed by atoms with van der Waals surface area (Å²) in [6, 6.07) is 1.12. The molecular weight excluding hydrogens is 274 g/mol. The number of hydrogen-bond donors (Lipinski definition) is 1. The third-order valence-electron chi connectivity index (χ3n) is 2.70. The summed E-state index contributed by atoms with van der Waals surface area (Å²) >= 11 is 0. The Morgan fingerprint density at radius 2 is 2.10 bits per heavy atom. The van der Waals surface area contributed by atoms with Crippen molar-refractivity contribution in [2.24, 2.45) is 5.73 Å². The van der Waals surface area contributed by atoms with Gasteiger partial charge in [0.1, 0.15) is 5.56 Å². The fourth-order valence-corrected chi connectivity index (χ4v) is 1.51. The second-order valence-corrected chi connectivity index (χ2v) is 4.14. The van der Waals surface area contributed by atoms with Crippen molar-refractivity contribution in [3.63, 3.8) is 0 Å². The van der Waals surface area contributed by atoms with E-state index in [2.05, 4.69) is 10.1 Å². The monoisotopic (exact) mass is 284 g/mol. The van der Waals surface area contributed by atoms with Gasteiger partial charge in [-0.1, -0.05) is 12.1 Å². The van der Waals surface area contributed by atoms with Crippen molar-refractivity contribution in [2.75, 3.05) is 6.54 Å². The molecule has 1 atom stereocenters. The van der Waals surface area contributed by atoms with E-state index in [-0.39, 0.29) is 29.7 Å². The second-order valence-electron chi connectivity index (χ2n) is 4.14. The maximum absolute atomic E-state index is 13.2. The van der Waals surface area contributed by atoms with Gasteiger partial charge in [0.2, 0.25) is 0 Å². The maximum atomic E-state index is 13.2. The number of nitrogens with two attached hydrogens (primary N) is 1. The number of nitro benzene ring substituents is 1. The summed E-state index contributed by atoms with van der Waals surface area (Å²) in [5, 5.41) is 14.5. The van der Waals surface area contributed by atoms with Gasteiger partial charge in [-0.05, 0) is 6.07 Å². The van der Waals surface area contributed by atoms with Gasteiger partial charge in [-0.3, -0.25) is 10.1 Å². The Morgan fingerprint density at radius 3 is 2.70 bits per heavy atom. The van der Waals surface area contributed by atoms with Crippen molar-refractivity contribution in [2.45, 2.75) is 12.8 Å². The number of nitro groups is 1. The molecule has 2 N–H and O–H groups in total. The van der Waals surface area contributed by atoms with Crippen LogP contribution in [-0.2, 0) is 0 Å². The quantitative estimate of drug-likeness (QED) is 0.679.